The van der Waals surface area contributed by atoms with Gasteiger partial charge in [0.1, 0.15) is 0 Å². The van der Waals surface area contributed by atoms with Crippen molar-refractivity contribution in [2.75, 3.05) is 26.4 Å². The topological polar surface area (TPSA) is 47.6 Å². The monoisotopic (exact) mass is 277 g/mol. The van der Waals surface area contributed by atoms with E-state index in [2.05, 4.69) is 17.4 Å². The Hall–Kier alpha value is -1.39. The van der Waals surface area contributed by atoms with Gasteiger partial charge in [0.15, 0.2) is 0 Å². The lowest BCUT2D eigenvalue weighted by Crippen LogP contribution is -2.39. The largest absolute Gasteiger partial charge is 0.465 e. The molecule has 0 saturated carbocycles. The molecule has 0 amide bonds. The molecule has 0 spiro atoms. The average molecular weight is 277 g/mol. The van der Waals surface area contributed by atoms with Crippen LogP contribution in [0.3, 0.4) is 0 Å². The molecule has 1 aromatic rings. The predicted molar refractivity (Wildman–Crippen MR) is 77.5 cm³/mol. The molecule has 1 aliphatic heterocycles. The number of rotatable bonds is 7. The molecule has 0 aliphatic carbocycles. The first kappa shape index (κ1) is 15.0. The second kappa shape index (κ2) is 8.02. The molecule has 2 atom stereocenters. The molecular formula is C16H23NO3. The third-order valence-corrected chi connectivity index (χ3v) is 3.55. The number of nitrogens with one attached hydrogen (secondary N) is 1. The second-order valence-corrected chi connectivity index (χ2v) is 5.06. The van der Waals surface area contributed by atoms with Crippen molar-refractivity contribution in [3.8, 4) is 0 Å². The third-order valence-electron chi connectivity index (χ3n) is 3.55. The molecule has 2 unspecified atom stereocenters. The molecule has 20 heavy (non-hydrogen) atoms. The quantitative estimate of drug-likeness (QED) is 0.610. The molecule has 1 heterocycles. The smallest absolute Gasteiger partial charge is 0.312 e. The molecule has 0 aromatic heterocycles. The summed E-state index contributed by atoms with van der Waals surface area (Å²) >= 11 is 0. The van der Waals surface area contributed by atoms with Gasteiger partial charge in [-0.15, -0.1) is 0 Å². The van der Waals surface area contributed by atoms with E-state index < -0.39 is 0 Å². The normalized spacial score (nSPS) is 21.9. The molecule has 110 valence electrons. The molecular weight excluding hydrogens is 254 g/mol. The Morgan fingerprint density at radius 3 is 2.90 bits per heavy atom. The van der Waals surface area contributed by atoms with E-state index in [0.717, 1.165) is 19.4 Å². The maximum absolute atomic E-state index is 12.0. The van der Waals surface area contributed by atoms with Crippen LogP contribution in [0.15, 0.2) is 30.3 Å². The molecule has 0 radical (unpaired) electrons. The fraction of sp³-hybridized carbons (Fsp3) is 0.562. The van der Waals surface area contributed by atoms with Crippen LogP contribution < -0.4 is 5.32 Å². The van der Waals surface area contributed by atoms with E-state index in [0.29, 0.717) is 19.8 Å². The summed E-state index contributed by atoms with van der Waals surface area (Å²) in [6.07, 6.45) is 1.79. The van der Waals surface area contributed by atoms with E-state index in [4.69, 9.17) is 9.47 Å². The Bertz CT molecular complexity index is 407. The van der Waals surface area contributed by atoms with Gasteiger partial charge in [0.25, 0.3) is 0 Å². The highest BCUT2D eigenvalue weighted by atomic mass is 16.5. The van der Waals surface area contributed by atoms with Gasteiger partial charge >= 0.3 is 5.97 Å². The van der Waals surface area contributed by atoms with Crippen molar-refractivity contribution < 1.29 is 14.3 Å². The zero-order valence-corrected chi connectivity index (χ0v) is 12.0. The van der Waals surface area contributed by atoms with Crippen molar-refractivity contribution in [1.29, 1.82) is 0 Å². The number of hydrogen-bond acceptors (Lipinski definition) is 4. The lowest BCUT2D eigenvalue weighted by atomic mass is 10.0. The lowest BCUT2D eigenvalue weighted by molar-refractivity contribution is -0.149. The summed E-state index contributed by atoms with van der Waals surface area (Å²) in [5.74, 6) is -0.298. The molecule has 1 aliphatic rings. The summed E-state index contributed by atoms with van der Waals surface area (Å²) in [6, 6.07) is 10.3. The van der Waals surface area contributed by atoms with Crippen molar-refractivity contribution in [1.82, 2.24) is 5.32 Å². The van der Waals surface area contributed by atoms with Crippen LogP contribution in [0.5, 0.6) is 0 Å². The molecule has 0 bridgehead atoms. The molecule has 1 N–H and O–H groups in total. The van der Waals surface area contributed by atoms with Gasteiger partial charge < -0.3 is 14.8 Å². The number of benzene rings is 1. The van der Waals surface area contributed by atoms with E-state index in [1.165, 1.54) is 5.56 Å². The Morgan fingerprint density at radius 1 is 1.35 bits per heavy atom. The van der Waals surface area contributed by atoms with E-state index in [1.54, 1.807) is 0 Å². The summed E-state index contributed by atoms with van der Waals surface area (Å²) < 4.78 is 10.7. The van der Waals surface area contributed by atoms with E-state index in [-0.39, 0.29) is 17.9 Å². The van der Waals surface area contributed by atoms with Gasteiger partial charge in [-0.1, -0.05) is 37.3 Å². The minimum Gasteiger partial charge on any atom is -0.465 e. The van der Waals surface area contributed by atoms with Crippen molar-refractivity contribution in [2.45, 2.75) is 25.8 Å². The number of aryl methyl sites for hydroxylation is 1. The van der Waals surface area contributed by atoms with Gasteiger partial charge in [0.05, 0.1) is 25.7 Å². The first-order valence-electron chi connectivity index (χ1n) is 7.33. The van der Waals surface area contributed by atoms with Crippen molar-refractivity contribution >= 4 is 5.97 Å². The summed E-state index contributed by atoms with van der Waals surface area (Å²) in [4.78, 5) is 12.0. The summed E-state index contributed by atoms with van der Waals surface area (Å²) in [7, 11) is 0. The number of carbonyl (C=O) groups excluding carboxylic acids is 1. The van der Waals surface area contributed by atoms with Crippen LogP contribution in [0.1, 0.15) is 18.9 Å². The van der Waals surface area contributed by atoms with Gasteiger partial charge in [-0.3, -0.25) is 4.79 Å². The number of ether oxygens (including phenoxy) is 2. The number of likely N-dealkylation sites (N-methyl/N-ethyl adjacent to an activating group) is 1. The number of esters is 1. The van der Waals surface area contributed by atoms with Crippen LogP contribution in [0, 0.1) is 5.92 Å². The van der Waals surface area contributed by atoms with Crippen LogP contribution in [0.2, 0.25) is 0 Å². The summed E-state index contributed by atoms with van der Waals surface area (Å²) in [5.41, 5.74) is 1.28. The molecule has 4 nitrogen and oxygen atoms in total. The highest BCUT2D eigenvalue weighted by Crippen LogP contribution is 2.15. The van der Waals surface area contributed by atoms with Gasteiger partial charge in [-0.2, -0.15) is 0 Å². The average Bonchev–Trinajstić information content (AvgIpc) is 2.93. The second-order valence-electron chi connectivity index (χ2n) is 5.06. The van der Waals surface area contributed by atoms with Gasteiger partial charge in [-0.05, 0) is 24.9 Å². The first-order chi connectivity index (χ1) is 9.81. The van der Waals surface area contributed by atoms with Crippen LogP contribution in [0.4, 0.5) is 0 Å². The maximum atomic E-state index is 12.0. The third kappa shape index (κ3) is 4.32. The van der Waals surface area contributed by atoms with E-state index in [1.807, 2.05) is 25.1 Å². The van der Waals surface area contributed by atoms with E-state index >= 15 is 0 Å². The predicted octanol–water partition coefficient (Wildman–Crippen LogP) is 1.79. The summed E-state index contributed by atoms with van der Waals surface area (Å²) in [5, 5.41) is 3.27. The van der Waals surface area contributed by atoms with E-state index in [9.17, 15) is 4.79 Å². The first-order valence-corrected chi connectivity index (χ1v) is 7.33. The van der Waals surface area contributed by atoms with Crippen molar-refractivity contribution in [3.05, 3.63) is 35.9 Å². The zero-order chi connectivity index (χ0) is 14.2. The Labute approximate surface area is 120 Å². The minimum absolute atomic E-state index is 0.0987. The molecule has 1 aromatic carbocycles. The SMILES string of the molecule is CCNC1COCC1C(=O)OCCCc1ccccc1. The minimum atomic E-state index is -0.160. The molecule has 1 saturated heterocycles. The Morgan fingerprint density at radius 2 is 2.15 bits per heavy atom. The maximum Gasteiger partial charge on any atom is 0.312 e. The standard InChI is InChI=1S/C16H23NO3/c1-2-17-15-12-19-11-14(15)16(18)20-10-6-9-13-7-4-3-5-8-13/h3-5,7-8,14-15,17H,2,6,9-12H2,1H3. The number of hydrogen-bond donors (Lipinski definition) is 1. The Kier molecular flexibility index (Phi) is 6.02. The fourth-order valence-electron chi connectivity index (χ4n) is 2.45. The van der Waals surface area contributed by atoms with Gasteiger partial charge in [-0.25, -0.2) is 0 Å². The fourth-order valence-corrected chi connectivity index (χ4v) is 2.45. The van der Waals surface area contributed by atoms with Crippen LogP contribution in [-0.2, 0) is 20.7 Å². The van der Waals surface area contributed by atoms with Crippen molar-refractivity contribution in [3.63, 3.8) is 0 Å². The van der Waals surface area contributed by atoms with Gasteiger partial charge in [0, 0.05) is 6.04 Å². The molecule has 2 rings (SSSR count). The highest BCUT2D eigenvalue weighted by Gasteiger charge is 2.34. The van der Waals surface area contributed by atoms with Crippen LogP contribution in [0.25, 0.3) is 0 Å². The van der Waals surface area contributed by atoms with Crippen molar-refractivity contribution in [2.24, 2.45) is 5.92 Å². The zero-order valence-electron chi connectivity index (χ0n) is 12.0. The molecule has 1 fully saturated rings. The Balaban J connectivity index is 1.67. The lowest BCUT2D eigenvalue weighted by Gasteiger charge is -2.17. The van der Waals surface area contributed by atoms with Crippen LogP contribution in [-0.4, -0.2) is 38.4 Å². The summed E-state index contributed by atoms with van der Waals surface area (Å²) in [6.45, 7) is 4.41. The molecule has 4 heteroatoms. The van der Waals surface area contributed by atoms with Gasteiger partial charge in [0.2, 0.25) is 0 Å². The number of carbonyl (C=O) groups is 1. The van der Waals surface area contributed by atoms with Crippen LogP contribution >= 0.6 is 0 Å². The highest BCUT2D eigenvalue weighted by molar-refractivity contribution is 5.73.